The Morgan fingerprint density at radius 3 is 2.92 bits per heavy atom. The van der Waals surface area contributed by atoms with E-state index in [4.69, 9.17) is 11.6 Å². The smallest absolute Gasteiger partial charge is 0.117 e. The van der Waals surface area contributed by atoms with E-state index in [0.29, 0.717) is 5.02 Å². The summed E-state index contributed by atoms with van der Waals surface area (Å²) in [6.07, 6.45) is 5.04. The van der Waals surface area contributed by atoms with Crippen LogP contribution in [-0.2, 0) is 0 Å². The summed E-state index contributed by atoms with van der Waals surface area (Å²) >= 11 is 5.93. The molecular weight excluding hydrogens is 188 g/mol. The molecule has 13 heavy (non-hydrogen) atoms. The summed E-state index contributed by atoms with van der Waals surface area (Å²) in [7, 11) is 0. The van der Waals surface area contributed by atoms with E-state index in [0.717, 1.165) is 5.69 Å². The minimum Gasteiger partial charge on any atom is -0.508 e. The molecule has 0 bridgehead atoms. The maximum atomic E-state index is 9.24. The van der Waals surface area contributed by atoms with E-state index >= 15 is 0 Å². The van der Waals surface area contributed by atoms with Crippen molar-refractivity contribution in [2.24, 2.45) is 0 Å². The van der Waals surface area contributed by atoms with Gasteiger partial charge < -0.3 is 9.67 Å². The van der Waals surface area contributed by atoms with Gasteiger partial charge in [-0.15, -0.1) is 0 Å². The fourth-order valence-electron chi connectivity index (χ4n) is 1.10. The number of aromatic nitrogens is 2. The first-order valence-corrected chi connectivity index (χ1v) is 4.12. The van der Waals surface area contributed by atoms with Crippen LogP contribution >= 0.6 is 11.6 Å². The first-order valence-electron chi connectivity index (χ1n) is 3.74. The number of nitrogens with zero attached hydrogens (tertiary/aromatic N) is 2. The highest BCUT2D eigenvalue weighted by atomic mass is 35.5. The lowest BCUT2D eigenvalue weighted by Crippen LogP contribution is -1.90. The van der Waals surface area contributed by atoms with Gasteiger partial charge in [0, 0.05) is 18.5 Å². The van der Waals surface area contributed by atoms with Crippen molar-refractivity contribution < 1.29 is 5.11 Å². The van der Waals surface area contributed by atoms with Crippen molar-refractivity contribution in [1.82, 2.24) is 9.55 Å². The number of rotatable bonds is 1. The minimum absolute atomic E-state index is 0.188. The fraction of sp³-hybridized carbons (Fsp3) is 0. The molecule has 0 aliphatic carbocycles. The summed E-state index contributed by atoms with van der Waals surface area (Å²) in [5.41, 5.74) is 0.721. The van der Waals surface area contributed by atoms with Crippen LogP contribution in [0.5, 0.6) is 5.75 Å². The standard InChI is InChI=1S/C9H7ClN2O/c10-8-2-1-7(13)5-9(8)12-4-3-11-6-12/h1-6,13H. The topological polar surface area (TPSA) is 38.0 Å². The highest BCUT2D eigenvalue weighted by Gasteiger charge is 2.02. The number of phenols is 1. The molecule has 2 aromatic rings. The van der Waals surface area contributed by atoms with Crippen LogP contribution in [0.1, 0.15) is 0 Å². The van der Waals surface area contributed by atoms with E-state index in [1.54, 1.807) is 41.5 Å². The molecule has 0 unspecified atom stereocenters. The molecule has 0 spiro atoms. The SMILES string of the molecule is Oc1ccc(Cl)c(-n2ccnc2)c1. The van der Waals surface area contributed by atoms with Crippen LogP contribution < -0.4 is 0 Å². The molecule has 0 atom stereocenters. The second-order valence-corrected chi connectivity index (χ2v) is 3.01. The number of hydrogen-bond acceptors (Lipinski definition) is 2. The number of imidazole rings is 1. The van der Waals surface area contributed by atoms with Crippen LogP contribution in [0.25, 0.3) is 5.69 Å². The molecule has 3 nitrogen and oxygen atoms in total. The Morgan fingerprint density at radius 2 is 2.23 bits per heavy atom. The van der Waals surface area contributed by atoms with Crippen molar-refractivity contribution >= 4 is 11.6 Å². The molecule has 0 fully saturated rings. The zero-order chi connectivity index (χ0) is 9.26. The van der Waals surface area contributed by atoms with E-state index in [1.807, 2.05) is 0 Å². The van der Waals surface area contributed by atoms with E-state index in [1.165, 1.54) is 0 Å². The second kappa shape index (κ2) is 3.11. The van der Waals surface area contributed by atoms with Crippen molar-refractivity contribution in [1.29, 1.82) is 0 Å². The quantitative estimate of drug-likeness (QED) is 0.756. The average Bonchev–Trinajstić information content (AvgIpc) is 2.61. The van der Waals surface area contributed by atoms with Crippen LogP contribution in [0.3, 0.4) is 0 Å². The van der Waals surface area contributed by atoms with Crippen LogP contribution in [0.15, 0.2) is 36.9 Å². The molecule has 1 heterocycles. The maximum absolute atomic E-state index is 9.24. The lowest BCUT2D eigenvalue weighted by atomic mass is 10.3. The largest absolute Gasteiger partial charge is 0.508 e. The van der Waals surface area contributed by atoms with Gasteiger partial charge in [-0.25, -0.2) is 4.98 Å². The van der Waals surface area contributed by atoms with Gasteiger partial charge in [-0.3, -0.25) is 0 Å². The number of hydrogen-bond donors (Lipinski definition) is 1. The van der Waals surface area contributed by atoms with E-state index in [2.05, 4.69) is 4.98 Å². The van der Waals surface area contributed by atoms with Crippen LogP contribution in [-0.4, -0.2) is 14.7 Å². The lowest BCUT2D eigenvalue weighted by Gasteiger charge is -2.04. The Balaban J connectivity index is 2.57. The Labute approximate surface area is 80.2 Å². The predicted octanol–water partition coefficient (Wildman–Crippen LogP) is 2.23. The summed E-state index contributed by atoms with van der Waals surface area (Å²) in [6, 6.07) is 4.78. The first-order chi connectivity index (χ1) is 6.27. The summed E-state index contributed by atoms with van der Waals surface area (Å²) in [4.78, 5) is 3.89. The van der Waals surface area contributed by atoms with Crippen LogP contribution in [0, 0.1) is 0 Å². The summed E-state index contributed by atoms with van der Waals surface area (Å²) < 4.78 is 1.74. The van der Waals surface area contributed by atoms with Crippen LogP contribution in [0.4, 0.5) is 0 Å². The van der Waals surface area contributed by atoms with Crippen molar-refractivity contribution in [2.45, 2.75) is 0 Å². The number of benzene rings is 1. The van der Waals surface area contributed by atoms with Gasteiger partial charge >= 0.3 is 0 Å². The third kappa shape index (κ3) is 1.51. The molecule has 0 amide bonds. The molecule has 2 rings (SSSR count). The van der Waals surface area contributed by atoms with Crippen LogP contribution in [0.2, 0.25) is 5.02 Å². The fourth-order valence-corrected chi connectivity index (χ4v) is 1.32. The first kappa shape index (κ1) is 8.13. The molecule has 66 valence electrons. The van der Waals surface area contributed by atoms with Gasteiger partial charge in [-0.1, -0.05) is 11.6 Å². The van der Waals surface area contributed by atoms with Crippen molar-refractivity contribution in [3.8, 4) is 11.4 Å². The summed E-state index contributed by atoms with van der Waals surface area (Å²) in [5, 5.41) is 9.82. The van der Waals surface area contributed by atoms with Gasteiger partial charge in [0.25, 0.3) is 0 Å². The highest BCUT2D eigenvalue weighted by molar-refractivity contribution is 6.32. The Bertz CT molecular complexity index is 412. The molecule has 0 saturated heterocycles. The van der Waals surface area contributed by atoms with E-state index in [9.17, 15) is 5.11 Å². The van der Waals surface area contributed by atoms with Crippen molar-refractivity contribution in [3.05, 3.63) is 41.9 Å². The normalized spacial score (nSPS) is 10.2. The highest BCUT2D eigenvalue weighted by Crippen LogP contribution is 2.24. The zero-order valence-corrected chi connectivity index (χ0v) is 7.44. The predicted molar refractivity (Wildman–Crippen MR) is 50.2 cm³/mol. The molecule has 1 aromatic heterocycles. The number of phenolic OH excluding ortho intramolecular Hbond substituents is 1. The van der Waals surface area contributed by atoms with E-state index in [-0.39, 0.29) is 5.75 Å². The Morgan fingerprint density at radius 1 is 1.38 bits per heavy atom. The third-order valence-electron chi connectivity index (χ3n) is 1.71. The molecule has 0 aliphatic rings. The minimum atomic E-state index is 0.188. The van der Waals surface area contributed by atoms with Gasteiger partial charge in [0.2, 0.25) is 0 Å². The summed E-state index contributed by atoms with van der Waals surface area (Å²) in [6.45, 7) is 0. The van der Waals surface area contributed by atoms with Gasteiger partial charge in [0.1, 0.15) is 5.75 Å². The third-order valence-corrected chi connectivity index (χ3v) is 2.03. The van der Waals surface area contributed by atoms with E-state index < -0.39 is 0 Å². The molecule has 0 aliphatic heterocycles. The van der Waals surface area contributed by atoms with Crippen molar-refractivity contribution in [3.63, 3.8) is 0 Å². The van der Waals surface area contributed by atoms with Crippen molar-refractivity contribution in [2.75, 3.05) is 0 Å². The maximum Gasteiger partial charge on any atom is 0.117 e. The molecule has 0 saturated carbocycles. The Kier molecular flexibility index (Phi) is 1.94. The Hall–Kier alpha value is -1.48. The van der Waals surface area contributed by atoms with Gasteiger partial charge in [0.05, 0.1) is 17.0 Å². The van der Waals surface area contributed by atoms with Gasteiger partial charge in [-0.05, 0) is 12.1 Å². The number of halogens is 1. The molecular formula is C9H7ClN2O. The van der Waals surface area contributed by atoms with Gasteiger partial charge in [0.15, 0.2) is 0 Å². The van der Waals surface area contributed by atoms with Gasteiger partial charge in [-0.2, -0.15) is 0 Å². The molecule has 4 heteroatoms. The average molecular weight is 195 g/mol. The summed E-state index contributed by atoms with van der Waals surface area (Å²) in [5.74, 6) is 0.188. The lowest BCUT2D eigenvalue weighted by molar-refractivity contribution is 0.475. The molecule has 0 radical (unpaired) electrons. The second-order valence-electron chi connectivity index (χ2n) is 2.61. The molecule has 1 N–H and O–H groups in total. The molecule has 1 aromatic carbocycles. The monoisotopic (exact) mass is 194 g/mol. The zero-order valence-electron chi connectivity index (χ0n) is 6.68. The number of aromatic hydroxyl groups is 1.